The third kappa shape index (κ3) is 2.54. The molecule has 2 heteroatoms. The zero-order valence-corrected chi connectivity index (χ0v) is 7.93. The monoisotopic (exact) mass is 191 g/mol. The number of halogens is 1. The Labute approximate surface area is 83.4 Å². The molecule has 0 amide bonds. The van der Waals surface area contributed by atoms with Crippen molar-refractivity contribution < 1.29 is 0 Å². The molecule has 0 atom stereocenters. The van der Waals surface area contributed by atoms with E-state index in [2.05, 4.69) is 17.8 Å². The average molecular weight is 192 g/mol. The van der Waals surface area contributed by atoms with E-state index in [1.807, 2.05) is 12.1 Å². The lowest BCUT2D eigenvalue weighted by Gasteiger charge is -2.04. The zero-order valence-electron chi connectivity index (χ0n) is 7.18. The third-order valence-corrected chi connectivity index (χ3v) is 2.01. The fourth-order valence-electron chi connectivity index (χ4n) is 0.963. The van der Waals surface area contributed by atoms with Crippen molar-refractivity contribution in [3.63, 3.8) is 0 Å². The highest BCUT2D eigenvalue weighted by atomic mass is 35.5. The molecule has 0 spiro atoms. The molecule has 0 heterocycles. The lowest BCUT2D eigenvalue weighted by atomic mass is 10.1. The number of terminal acetylenes is 1. The van der Waals surface area contributed by atoms with Gasteiger partial charge in [-0.15, -0.1) is 6.42 Å². The molecule has 1 rings (SSSR count). The largest absolute Gasteiger partial charge is 0.387 e. The van der Waals surface area contributed by atoms with Crippen molar-refractivity contribution in [3.8, 4) is 12.3 Å². The van der Waals surface area contributed by atoms with Crippen LogP contribution in [0.2, 0.25) is 5.02 Å². The highest BCUT2D eigenvalue weighted by molar-refractivity contribution is 6.31. The van der Waals surface area contributed by atoms with Gasteiger partial charge >= 0.3 is 0 Å². The second-order valence-electron chi connectivity index (χ2n) is 2.54. The second kappa shape index (κ2) is 4.59. The quantitative estimate of drug-likeness (QED) is 0.725. The fourth-order valence-corrected chi connectivity index (χ4v) is 1.21. The van der Waals surface area contributed by atoms with Crippen LogP contribution < -0.4 is 5.32 Å². The minimum atomic E-state index is 0.674. The molecule has 1 aromatic rings. The van der Waals surface area contributed by atoms with E-state index in [9.17, 15) is 0 Å². The van der Waals surface area contributed by atoms with E-state index in [1.54, 1.807) is 12.3 Å². The Hall–Kier alpha value is -1.39. The molecule has 1 N–H and O–H groups in total. The summed E-state index contributed by atoms with van der Waals surface area (Å²) in [5.74, 6) is 2.53. The summed E-state index contributed by atoms with van der Waals surface area (Å²) in [6.07, 6.45) is 6.86. The van der Waals surface area contributed by atoms with E-state index in [0.717, 1.165) is 11.1 Å². The number of nitrogens with one attached hydrogen (secondary N) is 1. The van der Waals surface area contributed by atoms with Crippen LogP contribution in [-0.2, 0) is 6.54 Å². The number of hydrogen-bond acceptors (Lipinski definition) is 1. The Bertz CT molecular complexity index is 350. The smallest absolute Gasteiger partial charge is 0.0468 e. The molecule has 0 fully saturated rings. The standard InChI is InChI=1S/C11H10ClN/c1-3-9-5-6-10(8-13-4-2)11(12)7-9/h1,4-7,13H,2,8H2. The average Bonchev–Trinajstić information content (AvgIpc) is 2.16. The van der Waals surface area contributed by atoms with Crippen molar-refractivity contribution >= 4 is 11.6 Å². The van der Waals surface area contributed by atoms with E-state index >= 15 is 0 Å². The van der Waals surface area contributed by atoms with E-state index < -0.39 is 0 Å². The van der Waals surface area contributed by atoms with Crippen molar-refractivity contribution in [1.82, 2.24) is 5.32 Å². The number of benzene rings is 1. The lowest BCUT2D eigenvalue weighted by molar-refractivity contribution is 0.872. The number of rotatable bonds is 3. The maximum Gasteiger partial charge on any atom is 0.0468 e. The van der Waals surface area contributed by atoms with Crippen LogP contribution in [0.3, 0.4) is 0 Å². The van der Waals surface area contributed by atoms with E-state index in [-0.39, 0.29) is 0 Å². The van der Waals surface area contributed by atoms with Crippen LogP contribution in [0.15, 0.2) is 31.0 Å². The minimum Gasteiger partial charge on any atom is -0.387 e. The summed E-state index contributed by atoms with van der Waals surface area (Å²) in [7, 11) is 0. The summed E-state index contributed by atoms with van der Waals surface area (Å²) in [5, 5.41) is 3.66. The van der Waals surface area contributed by atoms with E-state index in [0.29, 0.717) is 11.6 Å². The first-order chi connectivity index (χ1) is 6.27. The van der Waals surface area contributed by atoms with Gasteiger partial charge in [-0.3, -0.25) is 0 Å². The van der Waals surface area contributed by atoms with E-state index in [4.69, 9.17) is 18.0 Å². The summed E-state index contributed by atoms with van der Waals surface area (Å²) < 4.78 is 0. The molecule has 1 nitrogen and oxygen atoms in total. The molecular formula is C11H10ClN. The molecular weight excluding hydrogens is 182 g/mol. The molecule has 0 aromatic heterocycles. The third-order valence-electron chi connectivity index (χ3n) is 1.66. The van der Waals surface area contributed by atoms with Gasteiger partial charge in [0.2, 0.25) is 0 Å². The first kappa shape index (κ1) is 9.70. The molecule has 0 bridgehead atoms. The van der Waals surface area contributed by atoms with Crippen molar-refractivity contribution in [2.24, 2.45) is 0 Å². The maximum atomic E-state index is 5.97. The van der Waals surface area contributed by atoms with Gasteiger partial charge in [0, 0.05) is 17.1 Å². The Kier molecular flexibility index (Phi) is 3.42. The second-order valence-corrected chi connectivity index (χ2v) is 2.94. The lowest BCUT2D eigenvalue weighted by Crippen LogP contribution is -2.03. The van der Waals surface area contributed by atoms with Crippen LogP contribution in [0.1, 0.15) is 11.1 Å². The molecule has 0 aliphatic carbocycles. The highest BCUT2D eigenvalue weighted by Crippen LogP contribution is 2.17. The molecule has 0 unspecified atom stereocenters. The van der Waals surface area contributed by atoms with Gasteiger partial charge in [-0.1, -0.05) is 30.2 Å². The highest BCUT2D eigenvalue weighted by Gasteiger charge is 1.98. The van der Waals surface area contributed by atoms with Gasteiger partial charge in [0.05, 0.1) is 0 Å². The van der Waals surface area contributed by atoms with Crippen molar-refractivity contribution in [2.45, 2.75) is 6.54 Å². The maximum absolute atomic E-state index is 5.97. The van der Waals surface area contributed by atoms with Crippen LogP contribution >= 0.6 is 11.6 Å². The van der Waals surface area contributed by atoms with Gasteiger partial charge in [0.15, 0.2) is 0 Å². The predicted octanol–water partition coefficient (Wildman–Crippen LogP) is 2.55. The van der Waals surface area contributed by atoms with Crippen molar-refractivity contribution in [2.75, 3.05) is 0 Å². The van der Waals surface area contributed by atoms with Gasteiger partial charge in [-0.2, -0.15) is 0 Å². The van der Waals surface area contributed by atoms with Gasteiger partial charge in [-0.25, -0.2) is 0 Å². The normalized spacial score (nSPS) is 8.92. The van der Waals surface area contributed by atoms with Crippen LogP contribution in [-0.4, -0.2) is 0 Å². The molecule has 66 valence electrons. The summed E-state index contributed by atoms with van der Waals surface area (Å²) in [5.41, 5.74) is 1.81. The topological polar surface area (TPSA) is 12.0 Å². The van der Waals surface area contributed by atoms with Crippen LogP contribution in [0.4, 0.5) is 0 Å². The van der Waals surface area contributed by atoms with Gasteiger partial charge < -0.3 is 5.32 Å². The SMILES string of the molecule is C#Cc1ccc(CNC=C)c(Cl)c1. The summed E-state index contributed by atoms with van der Waals surface area (Å²) >= 11 is 5.97. The van der Waals surface area contributed by atoms with Crippen molar-refractivity contribution in [3.05, 3.63) is 47.1 Å². The van der Waals surface area contributed by atoms with Crippen LogP contribution in [0, 0.1) is 12.3 Å². The predicted molar refractivity (Wildman–Crippen MR) is 56.4 cm³/mol. The summed E-state index contributed by atoms with van der Waals surface area (Å²) in [4.78, 5) is 0. The minimum absolute atomic E-state index is 0.674. The van der Waals surface area contributed by atoms with E-state index in [1.165, 1.54) is 0 Å². The van der Waals surface area contributed by atoms with Gasteiger partial charge in [0.1, 0.15) is 0 Å². The Morgan fingerprint density at radius 2 is 2.38 bits per heavy atom. The molecule has 0 saturated carbocycles. The molecule has 0 radical (unpaired) electrons. The Balaban J connectivity index is 2.86. The Morgan fingerprint density at radius 3 is 2.92 bits per heavy atom. The fraction of sp³-hybridized carbons (Fsp3) is 0.0909. The molecule has 1 aromatic carbocycles. The van der Waals surface area contributed by atoms with Gasteiger partial charge in [-0.05, 0) is 23.9 Å². The molecule has 0 saturated heterocycles. The Morgan fingerprint density at radius 1 is 1.62 bits per heavy atom. The molecule has 0 aliphatic rings. The van der Waals surface area contributed by atoms with Crippen molar-refractivity contribution in [1.29, 1.82) is 0 Å². The number of hydrogen-bond donors (Lipinski definition) is 1. The molecule has 13 heavy (non-hydrogen) atoms. The summed E-state index contributed by atoms with van der Waals surface area (Å²) in [6.45, 7) is 4.23. The molecule has 0 aliphatic heterocycles. The van der Waals surface area contributed by atoms with Crippen LogP contribution in [0.25, 0.3) is 0 Å². The van der Waals surface area contributed by atoms with Crippen LogP contribution in [0.5, 0.6) is 0 Å². The summed E-state index contributed by atoms with van der Waals surface area (Å²) in [6, 6.07) is 5.56. The zero-order chi connectivity index (χ0) is 9.68. The first-order valence-corrected chi connectivity index (χ1v) is 4.25. The van der Waals surface area contributed by atoms with Gasteiger partial charge in [0.25, 0.3) is 0 Å². The first-order valence-electron chi connectivity index (χ1n) is 3.87.